The molecule has 8 nitrogen and oxygen atoms in total. The average Bonchev–Trinajstić information content (AvgIpc) is 2.74. The Kier molecular flexibility index (Phi) is 6.17. The second-order valence-corrected chi connectivity index (χ2v) is 6.52. The Bertz CT molecular complexity index is 885. The molecule has 1 aliphatic heterocycles. The van der Waals surface area contributed by atoms with E-state index in [1.54, 1.807) is 36.7 Å². The Morgan fingerprint density at radius 2 is 1.89 bits per heavy atom. The molecule has 1 amide bonds. The van der Waals surface area contributed by atoms with Crippen molar-refractivity contribution in [3.63, 3.8) is 0 Å². The molecule has 1 fully saturated rings. The number of carbonyl (C=O) groups excluding carboxylic acids is 2. The van der Waals surface area contributed by atoms with Gasteiger partial charge in [0, 0.05) is 62.8 Å². The SMILES string of the molecule is CC(=O)c1ccc(C#N)cc1NCCC(=O)N1CCN(c2ncccn2)CC1. The topological polar surface area (TPSA) is 102 Å². The van der Waals surface area contributed by atoms with Crippen molar-refractivity contribution in [2.75, 3.05) is 42.9 Å². The highest BCUT2D eigenvalue weighted by Crippen LogP contribution is 2.18. The van der Waals surface area contributed by atoms with Crippen LogP contribution in [-0.4, -0.2) is 59.3 Å². The minimum absolute atomic E-state index is 0.0574. The summed E-state index contributed by atoms with van der Waals surface area (Å²) in [5, 5.41) is 12.2. The van der Waals surface area contributed by atoms with Gasteiger partial charge in [0.2, 0.25) is 11.9 Å². The largest absolute Gasteiger partial charge is 0.384 e. The summed E-state index contributed by atoms with van der Waals surface area (Å²) in [4.78, 5) is 36.6. The number of anilines is 2. The normalized spacial score (nSPS) is 13.7. The fourth-order valence-corrected chi connectivity index (χ4v) is 3.14. The summed E-state index contributed by atoms with van der Waals surface area (Å²) in [6.07, 6.45) is 3.74. The van der Waals surface area contributed by atoms with Crippen molar-refractivity contribution in [2.24, 2.45) is 0 Å². The Morgan fingerprint density at radius 1 is 1.18 bits per heavy atom. The number of carbonyl (C=O) groups is 2. The number of Topliss-reactive ketones (excluding diaryl/α,β-unsaturated/α-hetero) is 1. The summed E-state index contributed by atoms with van der Waals surface area (Å²) >= 11 is 0. The number of hydrogen-bond acceptors (Lipinski definition) is 7. The van der Waals surface area contributed by atoms with Crippen LogP contribution in [0.1, 0.15) is 29.3 Å². The third-order valence-electron chi connectivity index (χ3n) is 4.65. The first-order chi connectivity index (χ1) is 13.6. The van der Waals surface area contributed by atoms with Crippen LogP contribution in [0.4, 0.5) is 11.6 Å². The van der Waals surface area contributed by atoms with Crippen molar-refractivity contribution < 1.29 is 9.59 Å². The number of aromatic nitrogens is 2. The van der Waals surface area contributed by atoms with Gasteiger partial charge in [-0.15, -0.1) is 0 Å². The molecule has 2 aromatic rings. The molecule has 8 heteroatoms. The van der Waals surface area contributed by atoms with Crippen molar-refractivity contribution >= 4 is 23.3 Å². The van der Waals surface area contributed by atoms with Gasteiger partial charge in [-0.05, 0) is 31.2 Å². The molecule has 28 heavy (non-hydrogen) atoms. The minimum Gasteiger partial charge on any atom is -0.384 e. The molecular weight excluding hydrogens is 356 g/mol. The average molecular weight is 378 g/mol. The van der Waals surface area contributed by atoms with E-state index in [0.29, 0.717) is 61.9 Å². The number of piperazine rings is 1. The van der Waals surface area contributed by atoms with E-state index in [2.05, 4.69) is 26.3 Å². The zero-order valence-corrected chi connectivity index (χ0v) is 15.8. The van der Waals surface area contributed by atoms with E-state index in [0.717, 1.165) is 0 Å². The lowest BCUT2D eigenvalue weighted by molar-refractivity contribution is -0.131. The zero-order valence-electron chi connectivity index (χ0n) is 15.8. The quantitative estimate of drug-likeness (QED) is 0.763. The van der Waals surface area contributed by atoms with Crippen LogP contribution in [0.25, 0.3) is 0 Å². The van der Waals surface area contributed by atoms with Gasteiger partial charge in [-0.25, -0.2) is 9.97 Å². The Balaban J connectivity index is 1.50. The van der Waals surface area contributed by atoms with Gasteiger partial charge in [-0.2, -0.15) is 5.26 Å². The van der Waals surface area contributed by atoms with Gasteiger partial charge in [-0.1, -0.05) is 0 Å². The molecule has 1 aromatic carbocycles. The van der Waals surface area contributed by atoms with Crippen LogP contribution in [0, 0.1) is 11.3 Å². The van der Waals surface area contributed by atoms with Gasteiger partial charge < -0.3 is 15.1 Å². The van der Waals surface area contributed by atoms with Crippen molar-refractivity contribution in [3.8, 4) is 6.07 Å². The molecule has 0 radical (unpaired) electrons. The van der Waals surface area contributed by atoms with E-state index >= 15 is 0 Å². The van der Waals surface area contributed by atoms with Crippen molar-refractivity contribution in [2.45, 2.75) is 13.3 Å². The highest BCUT2D eigenvalue weighted by Gasteiger charge is 2.22. The van der Waals surface area contributed by atoms with Gasteiger partial charge in [-0.3, -0.25) is 9.59 Å². The Labute approximate surface area is 163 Å². The molecule has 0 atom stereocenters. The first-order valence-corrected chi connectivity index (χ1v) is 9.17. The second kappa shape index (κ2) is 8.95. The van der Waals surface area contributed by atoms with E-state index in [-0.39, 0.29) is 11.7 Å². The number of benzene rings is 1. The minimum atomic E-state index is -0.0856. The number of amides is 1. The molecule has 0 bridgehead atoms. The number of ketones is 1. The Morgan fingerprint density at radius 3 is 2.54 bits per heavy atom. The van der Waals surface area contributed by atoms with Gasteiger partial charge >= 0.3 is 0 Å². The highest BCUT2D eigenvalue weighted by atomic mass is 16.2. The maximum Gasteiger partial charge on any atom is 0.225 e. The maximum atomic E-state index is 12.5. The summed E-state index contributed by atoms with van der Waals surface area (Å²) in [6.45, 7) is 4.52. The van der Waals surface area contributed by atoms with Crippen LogP contribution in [0.15, 0.2) is 36.7 Å². The summed E-state index contributed by atoms with van der Waals surface area (Å²) in [5.74, 6) is 0.657. The molecule has 2 heterocycles. The number of nitriles is 1. The zero-order chi connectivity index (χ0) is 19.9. The van der Waals surface area contributed by atoms with E-state index in [4.69, 9.17) is 5.26 Å². The molecule has 1 aliphatic rings. The molecular formula is C20H22N6O2. The van der Waals surface area contributed by atoms with Crippen LogP contribution in [0.5, 0.6) is 0 Å². The summed E-state index contributed by atoms with van der Waals surface area (Å²) in [5.41, 5.74) is 1.58. The van der Waals surface area contributed by atoms with Gasteiger partial charge in [0.15, 0.2) is 5.78 Å². The van der Waals surface area contributed by atoms with Crippen molar-refractivity contribution in [3.05, 3.63) is 47.8 Å². The van der Waals surface area contributed by atoms with E-state index < -0.39 is 0 Å². The van der Waals surface area contributed by atoms with Gasteiger partial charge in [0.25, 0.3) is 0 Å². The summed E-state index contributed by atoms with van der Waals surface area (Å²) in [7, 11) is 0. The molecule has 1 saturated heterocycles. The summed E-state index contributed by atoms with van der Waals surface area (Å²) in [6, 6.07) is 8.73. The van der Waals surface area contributed by atoms with E-state index in [9.17, 15) is 9.59 Å². The number of nitrogens with one attached hydrogen (secondary N) is 1. The fraction of sp³-hybridized carbons (Fsp3) is 0.350. The first kappa shape index (κ1) is 19.3. The molecule has 144 valence electrons. The number of nitrogens with zero attached hydrogens (tertiary/aromatic N) is 5. The lowest BCUT2D eigenvalue weighted by atomic mass is 10.1. The monoisotopic (exact) mass is 378 g/mol. The Hall–Kier alpha value is -3.47. The van der Waals surface area contributed by atoms with Crippen LogP contribution < -0.4 is 10.2 Å². The predicted octanol–water partition coefficient (Wildman–Crippen LogP) is 1.70. The van der Waals surface area contributed by atoms with Crippen molar-refractivity contribution in [1.29, 1.82) is 5.26 Å². The van der Waals surface area contributed by atoms with Crippen molar-refractivity contribution in [1.82, 2.24) is 14.9 Å². The molecule has 0 unspecified atom stereocenters. The van der Waals surface area contributed by atoms with Gasteiger partial charge in [0.05, 0.1) is 11.6 Å². The first-order valence-electron chi connectivity index (χ1n) is 9.17. The molecule has 0 saturated carbocycles. The van der Waals surface area contributed by atoms with Crippen LogP contribution in [0.3, 0.4) is 0 Å². The lowest BCUT2D eigenvalue weighted by Crippen LogP contribution is -2.49. The molecule has 1 aromatic heterocycles. The van der Waals surface area contributed by atoms with Crippen LogP contribution in [-0.2, 0) is 4.79 Å². The molecule has 3 rings (SSSR count). The van der Waals surface area contributed by atoms with E-state index in [1.807, 2.05) is 4.90 Å². The third kappa shape index (κ3) is 4.62. The maximum absolute atomic E-state index is 12.5. The molecule has 1 N–H and O–H groups in total. The summed E-state index contributed by atoms with van der Waals surface area (Å²) < 4.78 is 0. The van der Waals surface area contributed by atoms with E-state index in [1.165, 1.54) is 6.92 Å². The highest BCUT2D eigenvalue weighted by molar-refractivity contribution is 5.99. The molecule has 0 aliphatic carbocycles. The standard InChI is InChI=1S/C20H22N6O2/c1-15(27)17-4-3-16(14-21)13-18(17)22-8-5-19(28)25-9-11-26(12-10-25)20-23-6-2-7-24-20/h2-4,6-7,13,22H,5,8-12H2,1H3. The number of hydrogen-bond donors (Lipinski definition) is 1. The third-order valence-corrected chi connectivity index (χ3v) is 4.65. The smallest absolute Gasteiger partial charge is 0.225 e. The molecule has 0 spiro atoms. The van der Waals surface area contributed by atoms with Crippen LogP contribution in [0.2, 0.25) is 0 Å². The lowest BCUT2D eigenvalue weighted by Gasteiger charge is -2.34. The number of rotatable bonds is 6. The second-order valence-electron chi connectivity index (χ2n) is 6.52. The fourth-order valence-electron chi connectivity index (χ4n) is 3.14. The van der Waals surface area contributed by atoms with Gasteiger partial charge in [0.1, 0.15) is 0 Å². The predicted molar refractivity (Wildman–Crippen MR) is 105 cm³/mol. The van der Waals surface area contributed by atoms with Crippen LogP contribution >= 0.6 is 0 Å².